The SMILES string of the molecule is CN1CCN(C(C#N)CCc2ccccc2)CC1. The number of piperazine rings is 1. The van der Waals surface area contributed by atoms with Crippen LogP contribution < -0.4 is 0 Å². The fraction of sp³-hybridized carbons (Fsp3) is 0.533. The standard InChI is InChI=1S/C15H21N3/c1-17-9-11-18(12-10-17)15(13-16)8-7-14-5-3-2-4-6-14/h2-6,15H,7-12H2,1H3. The van der Waals surface area contributed by atoms with Crippen LogP contribution in [0.25, 0.3) is 0 Å². The maximum absolute atomic E-state index is 9.32. The van der Waals surface area contributed by atoms with Gasteiger partial charge in [-0.25, -0.2) is 0 Å². The number of nitriles is 1. The lowest BCUT2D eigenvalue weighted by Gasteiger charge is -2.35. The van der Waals surface area contributed by atoms with Crippen molar-refractivity contribution in [3.8, 4) is 6.07 Å². The first-order valence-electron chi connectivity index (χ1n) is 6.66. The Morgan fingerprint density at radius 1 is 1.17 bits per heavy atom. The first-order valence-corrected chi connectivity index (χ1v) is 6.66. The van der Waals surface area contributed by atoms with E-state index in [9.17, 15) is 5.26 Å². The largest absolute Gasteiger partial charge is 0.304 e. The molecule has 0 spiro atoms. The van der Waals surface area contributed by atoms with Crippen molar-refractivity contribution in [1.29, 1.82) is 5.26 Å². The van der Waals surface area contributed by atoms with Gasteiger partial charge in [-0.3, -0.25) is 4.90 Å². The van der Waals surface area contributed by atoms with E-state index in [1.165, 1.54) is 5.56 Å². The van der Waals surface area contributed by atoms with Crippen LogP contribution in [0.3, 0.4) is 0 Å². The molecule has 0 saturated carbocycles. The van der Waals surface area contributed by atoms with E-state index < -0.39 is 0 Å². The summed E-state index contributed by atoms with van der Waals surface area (Å²) < 4.78 is 0. The molecule has 1 unspecified atom stereocenters. The first-order chi connectivity index (χ1) is 8.79. The molecule has 1 aliphatic rings. The van der Waals surface area contributed by atoms with Crippen LogP contribution >= 0.6 is 0 Å². The molecule has 1 atom stereocenters. The lowest BCUT2D eigenvalue weighted by Crippen LogP contribution is -2.48. The van der Waals surface area contributed by atoms with Gasteiger partial charge in [-0.05, 0) is 25.5 Å². The minimum Gasteiger partial charge on any atom is -0.304 e. The van der Waals surface area contributed by atoms with E-state index in [2.05, 4.69) is 47.2 Å². The van der Waals surface area contributed by atoms with Crippen molar-refractivity contribution in [2.45, 2.75) is 18.9 Å². The van der Waals surface area contributed by atoms with Crippen LogP contribution in [-0.2, 0) is 6.42 Å². The van der Waals surface area contributed by atoms with Gasteiger partial charge in [0.1, 0.15) is 0 Å². The fourth-order valence-electron chi connectivity index (χ4n) is 2.41. The van der Waals surface area contributed by atoms with E-state index >= 15 is 0 Å². The molecular formula is C15H21N3. The van der Waals surface area contributed by atoms with Crippen molar-refractivity contribution in [3.63, 3.8) is 0 Å². The Bertz CT molecular complexity index is 388. The molecule has 1 heterocycles. The summed E-state index contributed by atoms with van der Waals surface area (Å²) in [7, 11) is 2.14. The van der Waals surface area contributed by atoms with E-state index in [1.54, 1.807) is 0 Å². The molecule has 1 fully saturated rings. The quantitative estimate of drug-likeness (QED) is 0.807. The Labute approximate surface area is 110 Å². The van der Waals surface area contributed by atoms with E-state index in [4.69, 9.17) is 0 Å². The maximum Gasteiger partial charge on any atom is 0.0981 e. The van der Waals surface area contributed by atoms with Crippen molar-refractivity contribution in [2.75, 3.05) is 33.2 Å². The van der Waals surface area contributed by atoms with Crippen LogP contribution in [0.5, 0.6) is 0 Å². The molecule has 96 valence electrons. The lowest BCUT2D eigenvalue weighted by molar-refractivity contribution is 0.129. The molecule has 18 heavy (non-hydrogen) atoms. The average Bonchev–Trinajstić information content (AvgIpc) is 2.42. The highest BCUT2D eigenvalue weighted by molar-refractivity contribution is 5.15. The summed E-state index contributed by atoms with van der Waals surface area (Å²) in [5, 5.41) is 9.32. The Kier molecular flexibility index (Phi) is 4.74. The molecule has 2 rings (SSSR count). The van der Waals surface area contributed by atoms with Gasteiger partial charge in [-0.2, -0.15) is 5.26 Å². The molecule has 0 N–H and O–H groups in total. The third-order valence-corrected chi connectivity index (χ3v) is 3.68. The minimum atomic E-state index is 0.0684. The molecule has 0 bridgehead atoms. The summed E-state index contributed by atoms with van der Waals surface area (Å²) in [4.78, 5) is 4.64. The number of hydrogen-bond acceptors (Lipinski definition) is 3. The first kappa shape index (κ1) is 13.1. The zero-order chi connectivity index (χ0) is 12.8. The summed E-state index contributed by atoms with van der Waals surface area (Å²) in [6.45, 7) is 4.18. The number of likely N-dealkylation sites (N-methyl/N-ethyl adjacent to an activating group) is 1. The fourth-order valence-corrected chi connectivity index (χ4v) is 2.41. The number of nitrogens with zero attached hydrogens (tertiary/aromatic N) is 3. The summed E-state index contributed by atoms with van der Waals surface area (Å²) in [5.41, 5.74) is 1.33. The van der Waals surface area contributed by atoms with E-state index in [1.807, 2.05) is 6.07 Å². The van der Waals surface area contributed by atoms with Gasteiger partial charge in [0.2, 0.25) is 0 Å². The third kappa shape index (κ3) is 3.56. The number of aryl methyl sites for hydroxylation is 1. The van der Waals surface area contributed by atoms with E-state index in [0.717, 1.165) is 39.0 Å². The van der Waals surface area contributed by atoms with Gasteiger partial charge in [0.15, 0.2) is 0 Å². The number of hydrogen-bond donors (Lipinski definition) is 0. The Morgan fingerprint density at radius 3 is 2.44 bits per heavy atom. The average molecular weight is 243 g/mol. The third-order valence-electron chi connectivity index (χ3n) is 3.68. The molecule has 3 nitrogen and oxygen atoms in total. The van der Waals surface area contributed by atoms with Crippen molar-refractivity contribution in [2.24, 2.45) is 0 Å². The van der Waals surface area contributed by atoms with Crippen LogP contribution in [0.15, 0.2) is 30.3 Å². The van der Waals surface area contributed by atoms with E-state index in [0.29, 0.717) is 0 Å². The van der Waals surface area contributed by atoms with Crippen LogP contribution in [-0.4, -0.2) is 49.1 Å². The van der Waals surface area contributed by atoms with Gasteiger partial charge in [0.05, 0.1) is 12.1 Å². The summed E-state index contributed by atoms with van der Waals surface area (Å²) in [6.07, 6.45) is 1.93. The molecule has 1 aliphatic heterocycles. The lowest BCUT2D eigenvalue weighted by atomic mass is 10.0. The second-order valence-corrected chi connectivity index (χ2v) is 5.01. The monoisotopic (exact) mass is 243 g/mol. The van der Waals surface area contributed by atoms with Crippen molar-refractivity contribution >= 4 is 0 Å². The highest BCUT2D eigenvalue weighted by Crippen LogP contribution is 2.11. The number of rotatable bonds is 4. The predicted octanol–water partition coefficient (Wildman–Crippen LogP) is 1.76. The Balaban J connectivity index is 1.84. The van der Waals surface area contributed by atoms with Crippen molar-refractivity contribution in [3.05, 3.63) is 35.9 Å². The van der Waals surface area contributed by atoms with Gasteiger partial charge in [0, 0.05) is 26.2 Å². The molecular weight excluding hydrogens is 222 g/mol. The number of benzene rings is 1. The van der Waals surface area contributed by atoms with Gasteiger partial charge in [0.25, 0.3) is 0 Å². The minimum absolute atomic E-state index is 0.0684. The molecule has 1 aromatic carbocycles. The molecule has 1 aromatic rings. The normalized spacial score (nSPS) is 19.3. The summed E-state index contributed by atoms with van der Waals surface area (Å²) in [6, 6.07) is 13.0. The second kappa shape index (κ2) is 6.53. The molecule has 0 aromatic heterocycles. The smallest absolute Gasteiger partial charge is 0.0981 e. The zero-order valence-electron chi connectivity index (χ0n) is 11.0. The topological polar surface area (TPSA) is 30.3 Å². The highest BCUT2D eigenvalue weighted by Gasteiger charge is 2.21. The summed E-state index contributed by atoms with van der Waals surface area (Å²) >= 11 is 0. The van der Waals surface area contributed by atoms with Crippen LogP contribution in [0.1, 0.15) is 12.0 Å². The predicted molar refractivity (Wildman–Crippen MR) is 73.2 cm³/mol. The molecule has 0 radical (unpaired) electrons. The van der Waals surface area contributed by atoms with Crippen LogP contribution in [0.4, 0.5) is 0 Å². The molecule has 0 amide bonds. The Morgan fingerprint density at radius 2 is 1.83 bits per heavy atom. The summed E-state index contributed by atoms with van der Waals surface area (Å²) in [5.74, 6) is 0. The van der Waals surface area contributed by atoms with E-state index in [-0.39, 0.29) is 6.04 Å². The molecule has 3 heteroatoms. The van der Waals surface area contributed by atoms with Crippen molar-refractivity contribution < 1.29 is 0 Å². The Hall–Kier alpha value is -1.37. The maximum atomic E-state index is 9.32. The van der Waals surface area contributed by atoms with Gasteiger partial charge in [-0.1, -0.05) is 30.3 Å². The van der Waals surface area contributed by atoms with Gasteiger partial charge in [-0.15, -0.1) is 0 Å². The van der Waals surface area contributed by atoms with Crippen LogP contribution in [0.2, 0.25) is 0 Å². The van der Waals surface area contributed by atoms with Crippen molar-refractivity contribution in [1.82, 2.24) is 9.80 Å². The molecule has 0 aliphatic carbocycles. The van der Waals surface area contributed by atoms with Crippen LogP contribution in [0, 0.1) is 11.3 Å². The zero-order valence-corrected chi connectivity index (χ0v) is 11.0. The van der Waals surface area contributed by atoms with Gasteiger partial charge < -0.3 is 4.90 Å². The molecule has 1 saturated heterocycles. The van der Waals surface area contributed by atoms with Gasteiger partial charge >= 0.3 is 0 Å². The second-order valence-electron chi connectivity index (χ2n) is 5.01. The highest BCUT2D eigenvalue weighted by atomic mass is 15.3.